The van der Waals surface area contributed by atoms with Crippen molar-refractivity contribution in [3.05, 3.63) is 60.8 Å². The molecule has 0 saturated carbocycles. The smallest absolute Gasteiger partial charge is 0.462 e. The summed E-state index contributed by atoms with van der Waals surface area (Å²) in [5, 5.41) is 9.46. The van der Waals surface area contributed by atoms with Crippen LogP contribution in [-0.2, 0) is 28.2 Å². The zero-order valence-electron chi connectivity index (χ0n) is 37.0. The van der Waals surface area contributed by atoms with Crippen molar-refractivity contribution in [1.82, 2.24) is 0 Å². The lowest BCUT2D eigenvalue weighted by molar-refractivity contribution is -0.161. The highest BCUT2D eigenvalue weighted by Gasteiger charge is 2.22. The number of allylic oxidation sites excluding steroid dienone is 9. The molecule has 0 heterocycles. The Morgan fingerprint density at radius 2 is 1.03 bits per heavy atom. The molecule has 3 atom stereocenters. The zero-order valence-corrected chi connectivity index (χ0v) is 37.9. The molecule has 1 unspecified atom stereocenters. The first-order valence-corrected chi connectivity index (χ1v) is 24.6. The minimum Gasteiger partial charge on any atom is -0.462 e. The number of rotatable bonds is 41. The molecular weight excluding hydrogens is 751 g/mol. The largest absolute Gasteiger partial charge is 0.469 e. The summed E-state index contributed by atoms with van der Waals surface area (Å²) in [7, 11) is -4.78. The van der Waals surface area contributed by atoms with Crippen LogP contribution in [0.15, 0.2) is 60.8 Å². The van der Waals surface area contributed by atoms with Crippen molar-refractivity contribution in [2.75, 3.05) is 13.2 Å². The molecule has 0 aromatic carbocycles. The maximum Gasteiger partial charge on any atom is 0.469 e. The van der Waals surface area contributed by atoms with Crippen molar-refractivity contribution in [1.29, 1.82) is 0 Å². The van der Waals surface area contributed by atoms with Crippen molar-refractivity contribution < 1.29 is 43.0 Å². The summed E-state index contributed by atoms with van der Waals surface area (Å²) in [6, 6.07) is 0. The molecule has 0 saturated heterocycles. The Hall–Kier alpha value is -2.29. The number of phosphoric ester groups is 1. The quantitative estimate of drug-likeness (QED) is 0.0180. The first-order valence-electron chi connectivity index (χ1n) is 23.1. The number of phosphoric acid groups is 1. The van der Waals surface area contributed by atoms with Crippen LogP contribution in [0.5, 0.6) is 0 Å². The van der Waals surface area contributed by atoms with Gasteiger partial charge in [-0.15, -0.1) is 0 Å². The van der Waals surface area contributed by atoms with Gasteiger partial charge in [0.2, 0.25) is 0 Å². The van der Waals surface area contributed by atoms with E-state index in [1.54, 1.807) is 6.08 Å². The van der Waals surface area contributed by atoms with Crippen LogP contribution in [0.25, 0.3) is 0 Å². The molecule has 58 heavy (non-hydrogen) atoms. The van der Waals surface area contributed by atoms with Crippen LogP contribution in [-0.4, -0.2) is 52.3 Å². The molecule has 0 bridgehead atoms. The standard InChI is InChI=1S/C48H85O9P/c1-4-44(3)38-34-30-26-22-18-14-10-8-6-7-9-11-16-20-24-28-32-36-40-47(50)55-42-46(43-56-58(52,53)54)57-48(51)41-37-33-29-25-21-17-13-12-15-19-23-27-31-35-39-45(49)5-2/h13,15,17,19,25,27,29,31,35,39,44-46,49H,4-12,14,16,18,20-24,26,28,30,32-34,36-38,40-43H2,1-3H3,(H2,52,53,54)/b17-13-,19-15-,29-25-,31-27-,39-35+/t44?,45-,46-/m1/s1. The number of unbranched alkanes of at least 4 members (excludes halogenated alkanes) is 18. The summed E-state index contributed by atoms with van der Waals surface area (Å²) in [4.78, 5) is 42.9. The molecule has 0 spiro atoms. The number of aliphatic hydroxyl groups is 1. The molecule has 0 amide bonds. The summed E-state index contributed by atoms with van der Waals surface area (Å²) in [6.07, 6.45) is 49.0. The van der Waals surface area contributed by atoms with E-state index in [1.165, 1.54) is 109 Å². The van der Waals surface area contributed by atoms with Gasteiger partial charge in [-0.1, -0.05) is 204 Å². The van der Waals surface area contributed by atoms with Gasteiger partial charge >= 0.3 is 19.8 Å². The predicted octanol–water partition coefficient (Wildman–Crippen LogP) is 13.3. The lowest BCUT2D eigenvalue weighted by atomic mass is 9.99. The number of carbonyl (C=O) groups excluding carboxylic acids is 2. The van der Waals surface area contributed by atoms with Crippen molar-refractivity contribution in [3.63, 3.8) is 0 Å². The van der Waals surface area contributed by atoms with Crippen molar-refractivity contribution >= 4 is 19.8 Å². The number of hydrogen-bond donors (Lipinski definition) is 3. The predicted molar refractivity (Wildman–Crippen MR) is 240 cm³/mol. The van der Waals surface area contributed by atoms with Gasteiger partial charge in [0, 0.05) is 12.8 Å². The molecule has 0 aliphatic rings. The zero-order chi connectivity index (χ0) is 42.8. The molecule has 9 nitrogen and oxygen atoms in total. The molecule has 3 N–H and O–H groups in total. The third-order valence-corrected chi connectivity index (χ3v) is 10.7. The van der Waals surface area contributed by atoms with Crippen LogP contribution in [0, 0.1) is 5.92 Å². The number of esters is 2. The second kappa shape index (κ2) is 41.4. The molecule has 336 valence electrons. The van der Waals surface area contributed by atoms with E-state index in [4.69, 9.17) is 19.3 Å². The van der Waals surface area contributed by atoms with Gasteiger partial charge in [-0.2, -0.15) is 0 Å². The van der Waals surface area contributed by atoms with E-state index in [-0.39, 0.29) is 25.6 Å². The Morgan fingerprint density at radius 3 is 1.53 bits per heavy atom. The van der Waals surface area contributed by atoms with Gasteiger partial charge in [0.25, 0.3) is 0 Å². The summed E-state index contributed by atoms with van der Waals surface area (Å²) in [5.41, 5.74) is 0. The highest BCUT2D eigenvalue weighted by atomic mass is 31.2. The maximum absolute atomic E-state index is 12.4. The van der Waals surface area contributed by atoms with Crippen LogP contribution >= 0.6 is 7.82 Å². The molecule has 0 aromatic heterocycles. The van der Waals surface area contributed by atoms with Crippen molar-refractivity contribution in [2.24, 2.45) is 5.92 Å². The van der Waals surface area contributed by atoms with Crippen molar-refractivity contribution in [2.45, 2.75) is 213 Å². The van der Waals surface area contributed by atoms with Gasteiger partial charge in [-0.25, -0.2) is 4.57 Å². The van der Waals surface area contributed by atoms with Crippen LogP contribution in [0.3, 0.4) is 0 Å². The summed E-state index contributed by atoms with van der Waals surface area (Å²) >= 11 is 0. The molecule has 0 rings (SSSR count). The van der Waals surface area contributed by atoms with Gasteiger partial charge in [0.1, 0.15) is 6.61 Å². The molecule has 0 aliphatic carbocycles. The Bertz CT molecular complexity index is 1160. The first-order chi connectivity index (χ1) is 28.1. The molecular formula is C48H85O9P. The third-order valence-electron chi connectivity index (χ3n) is 10.2. The highest BCUT2D eigenvalue weighted by molar-refractivity contribution is 7.46. The molecule has 0 aliphatic heterocycles. The van der Waals surface area contributed by atoms with Crippen molar-refractivity contribution in [3.8, 4) is 0 Å². The van der Waals surface area contributed by atoms with E-state index in [9.17, 15) is 19.3 Å². The van der Waals surface area contributed by atoms with Gasteiger partial charge in [0.05, 0.1) is 12.7 Å². The Balaban J connectivity index is 3.94. The first kappa shape index (κ1) is 55.7. The molecule has 10 heteroatoms. The van der Waals surface area contributed by atoms with Crippen LogP contribution in [0.1, 0.15) is 201 Å². The lowest BCUT2D eigenvalue weighted by Gasteiger charge is -2.18. The van der Waals surface area contributed by atoms with E-state index >= 15 is 0 Å². The van der Waals surface area contributed by atoms with Gasteiger partial charge < -0.3 is 24.4 Å². The Morgan fingerprint density at radius 1 is 0.569 bits per heavy atom. The average molecular weight is 837 g/mol. The van der Waals surface area contributed by atoms with E-state index in [2.05, 4.69) is 42.7 Å². The second-order valence-corrected chi connectivity index (χ2v) is 17.0. The Kier molecular flexibility index (Phi) is 39.8. The molecule has 0 radical (unpaired) electrons. The average Bonchev–Trinajstić information content (AvgIpc) is 3.20. The summed E-state index contributed by atoms with van der Waals surface area (Å²) in [5.74, 6) is -0.0729. The maximum atomic E-state index is 12.4. The second-order valence-electron chi connectivity index (χ2n) is 15.8. The fourth-order valence-electron chi connectivity index (χ4n) is 6.28. The summed E-state index contributed by atoms with van der Waals surface area (Å²) in [6.45, 7) is 5.71. The normalized spacial score (nSPS) is 14.1. The number of hydrogen-bond acceptors (Lipinski definition) is 7. The Labute approximate surface area is 354 Å². The topological polar surface area (TPSA) is 140 Å². The van der Waals surface area contributed by atoms with E-state index < -0.39 is 32.5 Å². The van der Waals surface area contributed by atoms with E-state index in [1.807, 2.05) is 37.3 Å². The monoisotopic (exact) mass is 837 g/mol. The minimum atomic E-state index is -4.78. The van der Waals surface area contributed by atoms with Gasteiger partial charge in [-0.05, 0) is 50.9 Å². The van der Waals surface area contributed by atoms with E-state index in [0.717, 1.165) is 38.0 Å². The van der Waals surface area contributed by atoms with Gasteiger partial charge in [-0.3, -0.25) is 14.1 Å². The number of carbonyl (C=O) groups is 2. The SMILES string of the molecule is CCC(C)CCCCCCCCCCCCCCCCCCCCC(=O)OC[C@H](COP(=O)(O)O)OC(=O)CCC/C=C\C/C=C\C/C=C\C/C=C\C=C\[C@H](O)CC. The van der Waals surface area contributed by atoms with Crippen LogP contribution < -0.4 is 0 Å². The fourth-order valence-corrected chi connectivity index (χ4v) is 6.64. The highest BCUT2D eigenvalue weighted by Crippen LogP contribution is 2.36. The van der Waals surface area contributed by atoms with Crippen LogP contribution in [0.2, 0.25) is 0 Å². The van der Waals surface area contributed by atoms with Crippen LogP contribution in [0.4, 0.5) is 0 Å². The lowest BCUT2D eigenvalue weighted by Crippen LogP contribution is -2.29. The van der Waals surface area contributed by atoms with Gasteiger partial charge in [0.15, 0.2) is 6.10 Å². The third kappa shape index (κ3) is 43.3. The number of ether oxygens (including phenoxy) is 2. The number of aliphatic hydroxyl groups excluding tert-OH is 1. The minimum absolute atomic E-state index is 0.119. The fraction of sp³-hybridized carbons (Fsp3) is 0.750. The van der Waals surface area contributed by atoms with E-state index in [0.29, 0.717) is 25.7 Å². The molecule has 0 aromatic rings. The molecule has 0 fully saturated rings. The summed E-state index contributed by atoms with van der Waals surface area (Å²) < 4.78 is 26.4.